The number of aryl methyl sites for hydroxylation is 3. The van der Waals surface area contributed by atoms with Crippen LogP contribution in [0.4, 0.5) is 0 Å². The summed E-state index contributed by atoms with van der Waals surface area (Å²) in [6.45, 7) is 6.40. The second-order valence-corrected chi connectivity index (χ2v) is 12.5. The summed E-state index contributed by atoms with van der Waals surface area (Å²) >= 11 is 0. The Morgan fingerprint density at radius 2 is 1.24 bits per heavy atom. The normalized spacial score (nSPS) is 15.8. The summed E-state index contributed by atoms with van der Waals surface area (Å²) in [7, 11) is 0. The Balaban J connectivity index is 0.000000220. The Morgan fingerprint density at radius 3 is 1.88 bits per heavy atom. The van der Waals surface area contributed by atoms with Crippen LogP contribution in [-0.2, 0) is 6.42 Å². The van der Waals surface area contributed by atoms with Crippen molar-refractivity contribution in [1.82, 2.24) is 0 Å². The van der Waals surface area contributed by atoms with Crippen LogP contribution in [0.2, 0.25) is 0 Å². The van der Waals surface area contributed by atoms with Crippen molar-refractivity contribution in [2.75, 3.05) is 0 Å². The standard InChI is InChI=1S/C24H23.C23H21.2K/c1-3-10-23(20-11-6-4-7-12-20)24(21-13-8-5-9-14-21)22-17-15-19(2)16-18-22;1-17-12-14-22-20(16-17)13-15-21(18-8-4-2-5-9-18)23(22)19-10-6-3-7-11-19;;/h4-9,11-15,17-18H,3,10H2,1-2H3;2-12,14,21,23H,13,15H2,1H3;;/q2*-1;2*+1/b24-23+;;;/i5D;3D;;. The van der Waals surface area contributed by atoms with Crippen molar-refractivity contribution in [2.24, 2.45) is 0 Å². The van der Waals surface area contributed by atoms with Crippen LogP contribution in [0.25, 0.3) is 11.1 Å². The Labute approximate surface area is 383 Å². The molecule has 0 spiro atoms. The van der Waals surface area contributed by atoms with Crippen molar-refractivity contribution in [3.63, 3.8) is 0 Å². The average molecular weight is 689 g/mol. The van der Waals surface area contributed by atoms with Gasteiger partial charge >= 0.3 is 103 Å². The molecule has 0 heterocycles. The predicted molar refractivity (Wildman–Crippen MR) is 200 cm³/mol. The van der Waals surface area contributed by atoms with E-state index in [-0.39, 0.29) is 103 Å². The molecule has 0 aromatic heterocycles. The molecule has 6 aromatic carbocycles. The molecule has 0 amide bonds. The molecule has 1 aliphatic carbocycles. The summed E-state index contributed by atoms with van der Waals surface area (Å²) in [5.74, 6) is 0.819. The van der Waals surface area contributed by atoms with Gasteiger partial charge in [0, 0.05) is 0 Å². The summed E-state index contributed by atoms with van der Waals surface area (Å²) in [5.41, 5.74) is 14.0. The predicted octanol–water partition coefficient (Wildman–Crippen LogP) is 6.22. The molecule has 0 saturated carbocycles. The van der Waals surface area contributed by atoms with Crippen molar-refractivity contribution in [3.8, 4) is 0 Å². The molecule has 7 rings (SSSR count). The SMILES string of the molecule is [2H]c1ccc(/C(=C(/CCC)c2ccccc2)c2c[c-]c(C)cc2)cc1.[2H]c1ccc(C2c3ccc(C)[c-]c3CCC2c2ccccc2)cc1.[K+].[K+]. The topological polar surface area (TPSA) is 0 Å². The van der Waals surface area contributed by atoms with Gasteiger partial charge in [0.05, 0.1) is 2.74 Å². The molecule has 49 heavy (non-hydrogen) atoms. The van der Waals surface area contributed by atoms with Crippen LogP contribution >= 0.6 is 0 Å². The molecule has 2 heteroatoms. The molecule has 0 N–H and O–H groups in total. The van der Waals surface area contributed by atoms with Crippen LogP contribution in [0.1, 0.15) is 90.8 Å². The summed E-state index contributed by atoms with van der Waals surface area (Å²) < 4.78 is 15.6. The summed E-state index contributed by atoms with van der Waals surface area (Å²) in [6, 6.07) is 56.2. The molecule has 2 unspecified atom stereocenters. The molecule has 1 aliphatic rings. The minimum absolute atomic E-state index is 0. The maximum Gasteiger partial charge on any atom is 1.00 e. The van der Waals surface area contributed by atoms with E-state index in [9.17, 15) is 0 Å². The Kier molecular flexibility index (Phi) is 15.4. The van der Waals surface area contributed by atoms with Crippen molar-refractivity contribution in [3.05, 3.63) is 214 Å². The fourth-order valence-electron chi connectivity index (χ4n) is 6.96. The first-order valence-corrected chi connectivity index (χ1v) is 16.9. The number of benzene rings is 6. The van der Waals surface area contributed by atoms with E-state index in [1.807, 2.05) is 24.3 Å². The van der Waals surface area contributed by atoms with Crippen LogP contribution in [0.5, 0.6) is 0 Å². The molecule has 234 valence electrons. The first kappa shape index (κ1) is 37.1. The first-order chi connectivity index (χ1) is 23.9. The van der Waals surface area contributed by atoms with Gasteiger partial charge in [-0.2, -0.15) is 59.2 Å². The fourth-order valence-corrected chi connectivity index (χ4v) is 6.96. The quantitative estimate of drug-likeness (QED) is 0.106. The molecule has 0 fully saturated rings. The monoisotopic (exact) mass is 688 g/mol. The van der Waals surface area contributed by atoms with E-state index in [0.717, 1.165) is 36.8 Å². The molecule has 0 radical (unpaired) electrons. The van der Waals surface area contributed by atoms with Crippen LogP contribution in [0.3, 0.4) is 0 Å². The average Bonchev–Trinajstić information content (AvgIpc) is 3.14. The Bertz CT molecular complexity index is 1940. The van der Waals surface area contributed by atoms with Gasteiger partial charge in [0.2, 0.25) is 0 Å². The zero-order chi connectivity index (χ0) is 34.2. The van der Waals surface area contributed by atoms with Gasteiger partial charge in [-0.1, -0.05) is 166 Å². The van der Waals surface area contributed by atoms with E-state index in [4.69, 9.17) is 2.74 Å². The fraction of sp³-hybridized carbons (Fsp3) is 0.191. The van der Waals surface area contributed by atoms with Gasteiger partial charge in [-0.3, -0.25) is 0 Å². The molecule has 2 atom stereocenters. The van der Waals surface area contributed by atoms with Crippen molar-refractivity contribution in [1.29, 1.82) is 0 Å². The molecule has 0 saturated heterocycles. The first-order valence-electron chi connectivity index (χ1n) is 17.9. The number of hydrogen-bond donors (Lipinski definition) is 0. The Hall–Kier alpha value is -1.67. The second-order valence-electron chi connectivity index (χ2n) is 12.5. The minimum Gasteiger partial charge on any atom is -0.180 e. The molecular formula is C47H44K2. The van der Waals surface area contributed by atoms with Gasteiger partial charge in [-0.25, -0.2) is 0 Å². The van der Waals surface area contributed by atoms with Crippen molar-refractivity contribution >= 4 is 11.1 Å². The minimum atomic E-state index is 0. The zero-order valence-electron chi connectivity index (χ0n) is 31.8. The second kappa shape index (κ2) is 20.4. The van der Waals surface area contributed by atoms with Crippen LogP contribution < -0.4 is 103 Å². The third-order valence-corrected chi connectivity index (χ3v) is 9.17. The van der Waals surface area contributed by atoms with Crippen molar-refractivity contribution in [2.45, 2.75) is 58.3 Å². The summed E-state index contributed by atoms with van der Waals surface area (Å²) in [6.07, 6.45) is 4.32. The Morgan fingerprint density at radius 1 is 0.653 bits per heavy atom. The molecule has 0 aliphatic heterocycles. The van der Waals surface area contributed by atoms with Gasteiger partial charge < -0.3 is 0 Å². The number of allylic oxidation sites excluding steroid dienone is 1. The van der Waals surface area contributed by atoms with E-state index in [1.165, 1.54) is 50.1 Å². The number of rotatable bonds is 7. The van der Waals surface area contributed by atoms with Gasteiger partial charge in [0.1, 0.15) is 0 Å². The maximum atomic E-state index is 7.80. The van der Waals surface area contributed by atoms with Gasteiger partial charge in [0.15, 0.2) is 0 Å². The molecule has 0 nitrogen and oxygen atoms in total. The van der Waals surface area contributed by atoms with E-state index >= 15 is 0 Å². The van der Waals surface area contributed by atoms with Crippen molar-refractivity contribution < 1.29 is 106 Å². The number of fused-ring (bicyclic) bond motifs is 1. The van der Waals surface area contributed by atoms with Crippen LogP contribution in [0, 0.1) is 26.0 Å². The summed E-state index contributed by atoms with van der Waals surface area (Å²) in [5, 5.41) is 0. The zero-order valence-corrected chi connectivity index (χ0v) is 36.0. The molecule has 6 aromatic rings. The van der Waals surface area contributed by atoms with E-state index in [2.05, 4.69) is 148 Å². The smallest absolute Gasteiger partial charge is 0.180 e. The van der Waals surface area contributed by atoms with E-state index < -0.39 is 0 Å². The van der Waals surface area contributed by atoms with Gasteiger partial charge in [-0.05, 0) is 46.9 Å². The third kappa shape index (κ3) is 10.5. The third-order valence-electron chi connectivity index (χ3n) is 9.17. The number of hydrogen-bond acceptors (Lipinski definition) is 0. The largest absolute Gasteiger partial charge is 1.00 e. The van der Waals surface area contributed by atoms with Crippen LogP contribution in [0.15, 0.2) is 152 Å². The van der Waals surface area contributed by atoms with Crippen LogP contribution in [-0.4, -0.2) is 0 Å². The summed E-state index contributed by atoms with van der Waals surface area (Å²) in [4.78, 5) is 0. The maximum absolute atomic E-state index is 7.80. The van der Waals surface area contributed by atoms with E-state index in [1.54, 1.807) is 0 Å². The molecule has 0 bridgehead atoms. The van der Waals surface area contributed by atoms with Gasteiger partial charge in [0.25, 0.3) is 0 Å². The molecular weight excluding hydrogens is 643 g/mol. The van der Waals surface area contributed by atoms with Gasteiger partial charge in [-0.15, -0.1) is 11.1 Å². The van der Waals surface area contributed by atoms with E-state index in [0.29, 0.717) is 23.9 Å².